The van der Waals surface area contributed by atoms with Gasteiger partial charge in [0, 0.05) is 25.7 Å². The zero-order valence-corrected chi connectivity index (χ0v) is 19.1. The highest BCUT2D eigenvalue weighted by molar-refractivity contribution is 5.79. The van der Waals surface area contributed by atoms with Gasteiger partial charge >= 0.3 is 0 Å². The Labute approximate surface area is 195 Å². The zero-order valence-electron chi connectivity index (χ0n) is 19.1. The molecule has 0 spiro atoms. The third kappa shape index (κ3) is 6.26. The summed E-state index contributed by atoms with van der Waals surface area (Å²) in [5.74, 6) is 2.98. The lowest BCUT2D eigenvalue weighted by Crippen LogP contribution is -2.37. The minimum atomic E-state index is 0.0438. The number of hydrogen-bond donors (Lipinski definition) is 1. The van der Waals surface area contributed by atoms with Gasteiger partial charge in [-0.1, -0.05) is 36.4 Å². The summed E-state index contributed by atoms with van der Waals surface area (Å²) in [5.41, 5.74) is 2.12. The van der Waals surface area contributed by atoms with Gasteiger partial charge < -0.3 is 19.5 Å². The van der Waals surface area contributed by atoms with Crippen LogP contribution in [0.4, 0.5) is 0 Å². The van der Waals surface area contributed by atoms with Crippen LogP contribution in [0.3, 0.4) is 0 Å². The number of hydrogen-bond acceptors (Lipinski definition) is 5. The molecule has 6 heteroatoms. The van der Waals surface area contributed by atoms with Gasteiger partial charge in [-0.15, -0.1) is 0 Å². The number of carbonyl (C=O) groups is 1. The van der Waals surface area contributed by atoms with Crippen LogP contribution in [0.5, 0.6) is 23.0 Å². The number of carbonyl (C=O) groups excluding carboxylic acids is 1. The summed E-state index contributed by atoms with van der Waals surface area (Å²) in [6.07, 6.45) is 1.30. The van der Waals surface area contributed by atoms with Gasteiger partial charge in [0.05, 0.1) is 20.6 Å². The first kappa shape index (κ1) is 22.7. The average molecular weight is 447 g/mol. The lowest BCUT2D eigenvalue weighted by molar-refractivity contribution is -0.121. The molecule has 0 unspecified atom stereocenters. The number of para-hydroxylation sites is 2. The fourth-order valence-corrected chi connectivity index (χ4v) is 4.14. The first-order chi connectivity index (χ1) is 16.1. The molecule has 1 aliphatic heterocycles. The molecule has 33 heavy (non-hydrogen) atoms. The van der Waals surface area contributed by atoms with Crippen molar-refractivity contribution >= 4 is 5.91 Å². The molecule has 1 fully saturated rings. The monoisotopic (exact) mass is 446 g/mol. The Bertz CT molecular complexity index is 1080. The molecule has 6 nitrogen and oxygen atoms in total. The van der Waals surface area contributed by atoms with E-state index in [2.05, 4.69) is 22.3 Å². The number of ether oxygens (including phenoxy) is 3. The van der Waals surface area contributed by atoms with E-state index < -0.39 is 0 Å². The van der Waals surface area contributed by atoms with Gasteiger partial charge in [0.1, 0.15) is 11.5 Å². The summed E-state index contributed by atoms with van der Waals surface area (Å²) in [6.45, 7) is 2.59. The highest BCUT2D eigenvalue weighted by atomic mass is 16.5. The number of methoxy groups -OCH3 is 2. The smallest absolute Gasteiger partial charge is 0.224 e. The largest absolute Gasteiger partial charge is 0.497 e. The van der Waals surface area contributed by atoms with Crippen LogP contribution >= 0.6 is 0 Å². The summed E-state index contributed by atoms with van der Waals surface area (Å²) in [7, 11) is 3.27. The number of benzene rings is 3. The Hall–Kier alpha value is -3.51. The summed E-state index contributed by atoms with van der Waals surface area (Å²) in [5, 5.41) is 3.18. The molecular formula is C27H30N2O4. The molecule has 0 bridgehead atoms. The Morgan fingerprint density at radius 1 is 0.909 bits per heavy atom. The molecule has 3 aromatic carbocycles. The summed E-state index contributed by atoms with van der Waals surface area (Å²) in [6, 6.07) is 23.5. The van der Waals surface area contributed by atoms with Gasteiger partial charge in [0.2, 0.25) is 5.91 Å². The maximum Gasteiger partial charge on any atom is 0.224 e. The molecule has 1 atom stereocenters. The SMILES string of the molecule is COc1cccc(CC(=O)N[C@H]2CCN(Cc3cccc(Oc4ccccc4OC)c3)C2)c1. The fraction of sp³-hybridized carbons (Fsp3) is 0.296. The number of likely N-dealkylation sites (tertiary alicyclic amines) is 1. The molecule has 0 saturated carbocycles. The summed E-state index contributed by atoms with van der Waals surface area (Å²) in [4.78, 5) is 14.9. The van der Waals surface area contributed by atoms with Crippen molar-refractivity contribution in [3.05, 3.63) is 83.9 Å². The molecule has 1 amide bonds. The number of amides is 1. The Balaban J connectivity index is 1.29. The van der Waals surface area contributed by atoms with Gasteiger partial charge in [-0.25, -0.2) is 0 Å². The van der Waals surface area contributed by atoms with Crippen molar-refractivity contribution in [1.82, 2.24) is 10.2 Å². The second kappa shape index (κ2) is 10.9. The van der Waals surface area contributed by atoms with Gasteiger partial charge in [-0.2, -0.15) is 0 Å². The highest BCUT2D eigenvalue weighted by Crippen LogP contribution is 2.31. The number of nitrogens with one attached hydrogen (secondary N) is 1. The van der Waals surface area contributed by atoms with E-state index in [4.69, 9.17) is 14.2 Å². The van der Waals surface area contributed by atoms with Crippen LogP contribution in [-0.2, 0) is 17.8 Å². The van der Waals surface area contributed by atoms with Gasteiger partial charge in [-0.05, 0) is 53.9 Å². The van der Waals surface area contributed by atoms with Crippen molar-refractivity contribution in [2.45, 2.75) is 25.4 Å². The first-order valence-corrected chi connectivity index (χ1v) is 11.2. The molecule has 0 aliphatic carbocycles. The summed E-state index contributed by atoms with van der Waals surface area (Å²) >= 11 is 0. The van der Waals surface area contributed by atoms with E-state index in [1.54, 1.807) is 14.2 Å². The molecule has 1 N–H and O–H groups in total. The molecule has 1 saturated heterocycles. The third-order valence-electron chi connectivity index (χ3n) is 5.74. The Morgan fingerprint density at radius 2 is 1.64 bits per heavy atom. The second-order valence-electron chi connectivity index (χ2n) is 8.22. The number of rotatable bonds is 9. The molecule has 0 aromatic heterocycles. The number of nitrogens with zero attached hydrogens (tertiary/aromatic N) is 1. The van der Waals surface area contributed by atoms with E-state index in [-0.39, 0.29) is 11.9 Å². The predicted octanol–water partition coefficient (Wildman–Crippen LogP) is 4.43. The first-order valence-electron chi connectivity index (χ1n) is 11.2. The van der Waals surface area contributed by atoms with Crippen molar-refractivity contribution in [2.75, 3.05) is 27.3 Å². The topological polar surface area (TPSA) is 60.0 Å². The van der Waals surface area contributed by atoms with Crippen LogP contribution in [0.1, 0.15) is 17.5 Å². The summed E-state index contributed by atoms with van der Waals surface area (Å²) < 4.78 is 16.7. The van der Waals surface area contributed by atoms with Crippen LogP contribution in [0.2, 0.25) is 0 Å². The molecule has 4 rings (SSSR count). The quantitative estimate of drug-likeness (QED) is 0.527. The lowest BCUT2D eigenvalue weighted by Gasteiger charge is -2.17. The molecule has 0 radical (unpaired) electrons. The van der Waals surface area contributed by atoms with Crippen LogP contribution < -0.4 is 19.5 Å². The fourth-order valence-electron chi connectivity index (χ4n) is 4.14. The molecule has 3 aromatic rings. The van der Waals surface area contributed by atoms with Crippen LogP contribution in [0, 0.1) is 0 Å². The lowest BCUT2D eigenvalue weighted by atomic mass is 10.1. The van der Waals surface area contributed by atoms with E-state index >= 15 is 0 Å². The van der Waals surface area contributed by atoms with Crippen molar-refractivity contribution in [1.29, 1.82) is 0 Å². The van der Waals surface area contributed by atoms with Crippen molar-refractivity contribution in [2.24, 2.45) is 0 Å². The van der Waals surface area contributed by atoms with Crippen molar-refractivity contribution in [3.8, 4) is 23.0 Å². The normalized spacial score (nSPS) is 15.8. The van der Waals surface area contributed by atoms with Gasteiger partial charge in [0.15, 0.2) is 11.5 Å². The third-order valence-corrected chi connectivity index (χ3v) is 5.74. The highest BCUT2D eigenvalue weighted by Gasteiger charge is 2.24. The molecular weight excluding hydrogens is 416 g/mol. The standard InChI is InChI=1S/C27H30N2O4/c1-31-23-9-5-7-20(15-23)17-27(30)28-22-13-14-29(19-22)18-21-8-6-10-24(16-21)33-26-12-4-3-11-25(26)32-2/h3-12,15-16,22H,13-14,17-19H2,1-2H3,(H,28,30)/t22-/m0/s1. The van der Waals surface area contributed by atoms with E-state index in [1.165, 1.54) is 5.56 Å². The minimum absolute atomic E-state index is 0.0438. The van der Waals surface area contributed by atoms with Crippen LogP contribution in [0.15, 0.2) is 72.8 Å². The van der Waals surface area contributed by atoms with Crippen molar-refractivity contribution in [3.63, 3.8) is 0 Å². The van der Waals surface area contributed by atoms with Gasteiger partial charge in [0.25, 0.3) is 0 Å². The maximum absolute atomic E-state index is 12.5. The Morgan fingerprint density at radius 3 is 2.42 bits per heavy atom. The molecule has 1 heterocycles. The molecule has 172 valence electrons. The predicted molar refractivity (Wildman–Crippen MR) is 128 cm³/mol. The van der Waals surface area contributed by atoms with E-state index in [9.17, 15) is 4.79 Å². The minimum Gasteiger partial charge on any atom is -0.497 e. The second-order valence-corrected chi connectivity index (χ2v) is 8.22. The average Bonchev–Trinajstić information content (AvgIpc) is 3.26. The van der Waals surface area contributed by atoms with Crippen molar-refractivity contribution < 1.29 is 19.0 Å². The van der Waals surface area contributed by atoms with E-state index in [0.717, 1.165) is 43.1 Å². The van der Waals surface area contributed by atoms with Crippen LogP contribution in [-0.4, -0.2) is 44.2 Å². The van der Waals surface area contributed by atoms with E-state index in [1.807, 2.05) is 60.7 Å². The van der Waals surface area contributed by atoms with Gasteiger partial charge in [-0.3, -0.25) is 9.69 Å². The Kier molecular flexibility index (Phi) is 7.47. The molecule has 1 aliphatic rings. The van der Waals surface area contributed by atoms with E-state index in [0.29, 0.717) is 17.9 Å². The maximum atomic E-state index is 12.5. The van der Waals surface area contributed by atoms with Crippen LogP contribution in [0.25, 0.3) is 0 Å². The zero-order chi connectivity index (χ0) is 23.0.